The standard InChI is InChI=1S/C30H34FN5O5S/c1-19(2)16-23(28(40)36-30-32-14-15-42-30)34-29(41)25(18-37)35-27(39)24(17-21-6-4-3-5-7-21)33-26(38)13-10-20-8-11-22(31)12-9-20/h3-15,19,23-25,37H,16-18H2,1-2H3,(H,33,38)(H,34,41)(H,35,39)(H,32,36,40)/b13-10+/t23-,24-,25-/m0/s1. The average molecular weight is 596 g/mol. The summed E-state index contributed by atoms with van der Waals surface area (Å²) in [5.74, 6) is -2.88. The molecule has 0 aliphatic heterocycles. The first-order valence-corrected chi connectivity index (χ1v) is 14.2. The fourth-order valence-electron chi connectivity index (χ4n) is 3.94. The Kier molecular flexibility index (Phi) is 12.3. The second kappa shape index (κ2) is 16.1. The van der Waals surface area contributed by atoms with Crippen LogP contribution < -0.4 is 21.3 Å². The number of amides is 4. The minimum atomic E-state index is -1.38. The first kappa shape index (κ1) is 32.1. The number of aliphatic hydroxyl groups is 1. The molecular formula is C30H34FN5O5S. The molecule has 0 bridgehead atoms. The van der Waals surface area contributed by atoms with Crippen molar-refractivity contribution in [3.8, 4) is 0 Å². The number of nitrogens with one attached hydrogen (secondary N) is 4. The molecule has 1 heterocycles. The minimum absolute atomic E-state index is 0.0490. The summed E-state index contributed by atoms with van der Waals surface area (Å²) < 4.78 is 13.2. The number of hydrogen-bond acceptors (Lipinski definition) is 7. The van der Waals surface area contributed by atoms with Crippen molar-refractivity contribution in [1.29, 1.82) is 0 Å². The number of aliphatic hydroxyl groups excluding tert-OH is 1. The average Bonchev–Trinajstić information content (AvgIpc) is 3.48. The SMILES string of the molecule is CC(C)C[C@H](NC(=O)[C@H](CO)NC(=O)[C@H](Cc1ccccc1)NC(=O)/C=C/c1ccc(F)cc1)C(=O)Nc1nccs1. The Hall–Kier alpha value is -4.42. The third-order valence-corrected chi connectivity index (χ3v) is 6.72. The van der Waals surface area contributed by atoms with Crippen LogP contribution in [0.25, 0.3) is 6.08 Å². The lowest BCUT2D eigenvalue weighted by Crippen LogP contribution is -2.57. The molecule has 3 atom stereocenters. The number of anilines is 1. The molecule has 0 fully saturated rings. The van der Waals surface area contributed by atoms with Gasteiger partial charge < -0.3 is 26.4 Å². The Labute approximate surface area is 247 Å². The molecule has 0 radical (unpaired) electrons. The maximum Gasteiger partial charge on any atom is 0.248 e. The molecule has 10 nitrogen and oxygen atoms in total. The van der Waals surface area contributed by atoms with Crippen LogP contribution in [0.5, 0.6) is 0 Å². The molecular weight excluding hydrogens is 561 g/mol. The monoisotopic (exact) mass is 595 g/mol. The van der Waals surface area contributed by atoms with Gasteiger partial charge in [0.05, 0.1) is 6.61 Å². The molecule has 0 unspecified atom stereocenters. The number of carbonyl (C=O) groups excluding carboxylic acids is 4. The molecule has 3 aromatic rings. The summed E-state index contributed by atoms with van der Waals surface area (Å²) in [6.07, 6.45) is 4.64. The predicted octanol–water partition coefficient (Wildman–Crippen LogP) is 2.67. The number of hydrogen-bond donors (Lipinski definition) is 5. The van der Waals surface area contributed by atoms with E-state index >= 15 is 0 Å². The largest absolute Gasteiger partial charge is 0.394 e. The van der Waals surface area contributed by atoms with Gasteiger partial charge in [-0.25, -0.2) is 9.37 Å². The number of carbonyl (C=O) groups is 4. The van der Waals surface area contributed by atoms with Crippen molar-refractivity contribution in [3.63, 3.8) is 0 Å². The molecule has 42 heavy (non-hydrogen) atoms. The summed E-state index contributed by atoms with van der Waals surface area (Å²) >= 11 is 1.23. The fourth-order valence-corrected chi connectivity index (χ4v) is 4.48. The normalized spacial score (nSPS) is 13.3. The molecule has 2 aromatic carbocycles. The molecule has 0 spiro atoms. The highest BCUT2D eigenvalue weighted by Gasteiger charge is 2.30. The number of rotatable bonds is 14. The van der Waals surface area contributed by atoms with E-state index in [2.05, 4.69) is 26.3 Å². The van der Waals surface area contributed by atoms with Crippen LogP contribution in [0.3, 0.4) is 0 Å². The number of aromatic nitrogens is 1. The van der Waals surface area contributed by atoms with Crippen LogP contribution in [-0.4, -0.2) is 58.5 Å². The van der Waals surface area contributed by atoms with Crippen molar-refractivity contribution in [3.05, 3.63) is 89.2 Å². The Morgan fingerprint density at radius 2 is 1.57 bits per heavy atom. The van der Waals surface area contributed by atoms with E-state index < -0.39 is 54.2 Å². The highest BCUT2D eigenvalue weighted by Crippen LogP contribution is 2.13. The van der Waals surface area contributed by atoms with Crippen LogP contribution >= 0.6 is 11.3 Å². The van der Waals surface area contributed by atoms with Crippen LogP contribution in [0.1, 0.15) is 31.4 Å². The third kappa shape index (κ3) is 10.5. The number of benzene rings is 2. The van der Waals surface area contributed by atoms with Gasteiger partial charge in [0.2, 0.25) is 23.6 Å². The molecule has 222 valence electrons. The third-order valence-electron chi connectivity index (χ3n) is 6.03. The van der Waals surface area contributed by atoms with Crippen LogP contribution in [-0.2, 0) is 25.6 Å². The van der Waals surface area contributed by atoms with Gasteiger partial charge in [0, 0.05) is 24.1 Å². The van der Waals surface area contributed by atoms with Gasteiger partial charge in [0.25, 0.3) is 0 Å². The van der Waals surface area contributed by atoms with Crippen molar-refractivity contribution < 1.29 is 28.7 Å². The first-order chi connectivity index (χ1) is 20.1. The van der Waals surface area contributed by atoms with Crippen molar-refractivity contribution in [2.24, 2.45) is 5.92 Å². The van der Waals surface area contributed by atoms with Crippen molar-refractivity contribution in [2.45, 2.75) is 44.8 Å². The quantitative estimate of drug-likeness (QED) is 0.181. The molecule has 0 saturated heterocycles. The topological polar surface area (TPSA) is 150 Å². The lowest BCUT2D eigenvalue weighted by molar-refractivity contribution is -0.133. The fraction of sp³-hybridized carbons (Fsp3) is 0.300. The number of halogens is 1. The van der Waals surface area contributed by atoms with Crippen molar-refractivity contribution in [2.75, 3.05) is 11.9 Å². The Bertz CT molecular complexity index is 1350. The smallest absolute Gasteiger partial charge is 0.248 e. The van der Waals surface area contributed by atoms with Crippen molar-refractivity contribution >= 4 is 46.2 Å². The number of thiazole rings is 1. The van der Waals surface area contributed by atoms with E-state index in [-0.39, 0.29) is 12.3 Å². The Balaban J connectivity index is 1.70. The van der Waals surface area contributed by atoms with Gasteiger partial charge in [-0.05, 0) is 41.7 Å². The van der Waals surface area contributed by atoms with Gasteiger partial charge in [-0.1, -0.05) is 56.3 Å². The van der Waals surface area contributed by atoms with E-state index in [1.165, 1.54) is 54.0 Å². The van der Waals surface area contributed by atoms with Gasteiger partial charge in [-0.3, -0.25) is 19.2 Å². The highest BCUT2D eigenvalue weighted by atomic mass is 32.1. The van der Waals surface area contributed by atoms with Crippen LogP contribution in [0.15, 0.2) is 72.3 Å². The summed E-state index contributed by atoms with van der Waals surface area (Å²) in [6.45, 7) is 3.04. The molecule has 12 heteroatoms. The van der Waals surface area contributed by atoms with E-state index in [1.807, 2.05) is 19.9 Å². The Morgan fingerprint density at radius 1 is 0.905 bits per heavy atom. The molecule has 1 aromatic heterocycles. The summed E-state index contributed by atoms with van der Waals surface area (Å²) in [7, 11) is 0. The van der Waals surface area contributed by atoms with Crippen LogP contribution in [0.2, 0.25) is 0 Å². The molecule has 0 aliphatic carbocycles. The molecule has 3 rings (SSSR count). The van der Waals surface area contributed by atoms with Gasteiger partial charge in [-0.2, -0.15) is 0 Å². The summed E-state index contributed by atoms with van der Waals surface area (Å²) in [4.78, 5) is 56.0. The Morgan fingerprint density at radius 3 is 2.19 bits per heavy atom. The van der Waals surface area contributed by atoms with E-state index in [9.17, 15) is 28.7 Å². The van der Waals surface area contributed by atoms with Gasteiger partial charge >= 0.3 is 0 Å². The van der Waals surface area contributed by atoms with E-state index in [1.54, 1.807) is 29.6 Å². The summed E-state index contributed by atoms with van der Waals surface area (Å²) in [6, 6.07) is 11.1. The zero-order valence-corrected chi connectivity index (χ0v) is 24.1. The van der Waals surface area contributed by atoms with Crippen LogP contribution in [0, 0.1) is 11.7 Å². The predicted molar refractivity (Wildman–Crippen MR) is 159 cm³/mol. The second-order valence-corrected chi connectivity index (χ2v) is 10.8. The lowest BCUT2D eigenvalue weighted by atomic mass is 10.0. The molecule has 4 amide bonds. The summed E-state index contributed by atoms with van der Waals surface area (Å²) in [5, 5.41) is 22.4. The maximum absolute atomic E-state index is 13.3. The zero-order valence-electron chi connectivity index (χ0n) is 23.2. The van der Waals surface area contributed by atoms with Gasteiger partial charge in [-0.15, -0.1) is 11.3 Å². The minimum Gasteiger partial charge on any atom is -0.394 e. The van der Waals surface area contributed by atoms with E-state index in [0.29, 0.717) is 17.1 Å². The van der Waals surface area contributed by atoms with Crippen molar-refractivity contribution in [1.82, 2.24) is 20.9 Å². The molecule has 0 saturated carbocycles. The molecule has 5 N–H and O–H groups in total. The lowest BCUT2D eigenvalue weighted by Gasteiger charge is -2.25. The van der Waals surface area contributed by atoms with Gasteiger partial charge in [0.1, 0.15) is 23.9 Å². The summed E-state index contributed by atoms with van der Waals surface area (Å²) in [5.41, 5.74) is 1.34. The first-order valence-electron chi connectivity index (χ1n) is 13.3. The second-order valence-electron chi connectivity index (χ2n) is 9.90. The number of nitrogens with zero attached hydrogens (tertiary/aromatic N) is 1. The van der Waals surface area contributed by atoms with Gasteiger partial charge in [0.15, 0.2) is 5.13 Å². The van der Waals surface area contributed by atoms with E-state index in [0.717, 1.165) is 5.56 Å². The zero-order chi connectivity index (χ0) is 30.5. The maximum atomic E-state index is 13.3. The van der Waals surface area contributed by atoms with E-state index in [4.69, 9.17) is 0 Å². The highest BCUT2D eigenvalue weighted by molar-refractivity contribution is 7.13. The molecule has 0 aliphatic rings. The van der Waals surface area contributed by atoms with Crippen LogP contribution in [0.4, 0.5) is 9.52 Å².